The monoisotopic (exact) mass is 248 g/mol. The molecule has 17 heavy (non-hydrogen) atoms. The molecule has 0 radical (unpaired) electrons. The van der Waals surface area contributed by atoms with Crippen molar-refractivity contribution in [2.75, 3.05) is 5.32 Å². The van der Waals surface area contributed by atoms with Crippen LogP contribution in [0.3, 0.4) is 0 Å². The minimum atomic E-state index is -0.430. The van der Waals surface area contributed by atoms with Gasteiger partial charge in [0.1, 0.15) is 11.9 Å². The highest BCUT2D eigenvalue weighted by Gasteiger charge is 2.07. The van der Waals surface area contributed by atoms with Crippen molar-refractivity contribution >= 4 is 23.1 Å². The molecule has 0 bridgehead atoms. The van der Waals surface area contributed by atoms with E-state index in [0.29, 0.717) is 11.3 Å². The predicted molar refractivity (Wildman–Crippen MR) is 61.4 cm³/mol. The number of hydrogen-bond donors (Lipinski definition) is 1. The highest BCUT2D eigenvalue weighted by molar-refractivity contribution is 6.33. The third kappa shape index (κ3) is 2.49. The Hall–Kier alpha value is -2.19. The second-order valence-electron chi connectivity index (χ2n) is 3.15. The van der Waals surface area contributed by atoms with Crippen LogP contribution in [0.5, 0.6) is 0 Å². The Morgan fingerprint density at radius 2 is 2.18 bits per heavy atom. The average molecular weight is 249 g/mol. The first-order valence-corrected chi connectivity index (χ1v) is 5.02. The van der Waals surface area contributed by atoms with Crippen LogP contribution in [-0.4, -0.2) is 10.2 Å². The molecule has 0 aliphatic heterocycles. The molecule has 1 heterocycles. The first kappa shape index (κ1) is 11.3. The van der Waals surface area contributed by atoms with E-state index in [1.807, 2.05) is 6.07 Å². The van der Waals surface area contributed by atoms with E-state index < -0.39 is 5.82 Å². The fourth-order valence-electron chi connectivity index (χ4n) is 1.23. The van der Waals surface area contributed by atoms with Gasteiger partial charge in [0.2, 0.25) is 0 Å². The summed E-state index contributed by atoms with van der Waals surface area (Å²) >= 11 is 5.84. The van der Waals surface area contributed by atoms with Crippen LogP contribution < -0.4 is 5.32 Å². The second kappa shape index (κ2) is 4.76. The molecule has 0 saturated heterocycles. The van der Waals surface area contributed by atoms with E-state index in [-0.39, 0.29) is 10.8 Å². The number of hydrogen-bond acceptors (Lipinski definition) is 4. The summed E-state index contributed by atoms with van der Waals surface area (Å²) in [5.74, 6) is -0.149. The van der Waals surface area contributed by atoms with Gasteiger partial charge in [-0.1, -0.05) is 11.6 Å². The number of nitrogens with zero attached hydrogens (tertiary/aromatic N) is 3. The molecule has 2 rings (SSSR count). The van der Waals surface area contributed by atoms with Gasteiger partial charge in [0.05, 0.1) is 22.5 Å². The molecule has 2 aromatic rings. The number of aromatic nitrogens is 2. The highest BCUT2D eigenvalue weighted by atomic mass is 35.5. The van der Waals surface area contributed by atoms with Crippen molar-refractivity contribution in [3.8, 4) is 6.07 Å². The maximum absolute atomic E-state index is 12.8. The normalized spacial score (nSPS) is 9.71. The lowest BCUT2D eigenvalue weighted by molar-refractivity contribution is 0.628. The Morgan fingerprint density at radius 1 is 1.35 bits per heavy atom. The summed E-state index contributed by atoms with van der Waals surface area (Å²) in [6.07, 6.45) is 1.41. The summed E-state index contributed by atoms with van der Waals surface area (Å²) in [6.45, 7) is 0. The third-order valence-corrected chi connectivity index (χ3v) is 2.34. The van der Waals surface area contributed by atoms with Crippen molar-refractivity contribution in [1.82, 2.24) is 10.2 Å². The Morgan fingerprint density at radius 3 is 2.88 bits per heavy atom. The van der Waals surface area contributed by atoms with E-state index in [1.165, 1.54) is 30.5 Å². The highest BCUT2D eigenvalue weighted by Crippen LogP contribution is 2.26. The predicted octanol–water partition coefficient (Wildman–Crippen LogP) is 2.88. The molecular weight excluding hydrogens is 243 g/mol. The quantitative estimate of drug-likeness (QED) is 0.888. The van der Waals surface area contributed by atoms with Gasteiger partial charge >= 0.3 is 0 Å². The van der Waals surface area contributed by atoms with Gasteiger partial charge < -0.3 is 5.32 Å². The summed E-state index contributed by atoms with van der Waals surface area (Å²) in [7, 11) is 0. The van der Waals surface area contributed by atoms with Crippen LogP contribution in [0.1, 0.15) is 5.56 Å². The lowest BCUT2D eigenvalue weighted by Gasteiger charge is -2.07. The third-order valence-electron chi connectivity index (χ3n) is 2.03. The molecule has 4 nitrogen and oxygen atoms in total. The van der Waals surface area contributed by atoms with Crippen LogP contribution in [0.25, 0.3) is 0 Å². The van der Waals surface area contributed by atoms with E-state index >= 15 is 0 Å². The van der Waals surface area contributed by atoms with Gasteiger partial charge in [0.25, 0.3) is 0 Å². The zero-order chi connectivity index (χ0) is 12.3. The van der Waals surface area contributed by atoms with Crippen LogP contribution in [0.15, 0.2) is 30.5 Å². The van der Waals surface area contributed by atoms with Crippen LogP contribution in [0.2, 0.25) is 5.02 Å². The number of halogens is 2. The molecule has 0 atom stereocenters. The van der Waals surface area contributed by atoms with E-state index in [1.54, 1.807) is 0 Å². The van der Waals surface area contributed by atoms with Crippen molar-refractivity contribution in [2.45, 2.75) is 0 Å². The zero-order valence-electron chi connectivity index (χ0n) is 8.48. The van der Waals surface area contributed by atoms with Crippen LogP contribution in [-0.2, 0) is 0 Å². The summed E-state index contributed by atoms with van der Waals surface area (Å²) in [6, 6.07) is 7.38. The Kier molecular flexibility index (Phi) is 3.17. The van der Waals surface area contributed by atoms with E-state index in [2.05, 4.69) is 15.5 Å². The van der Waals surface area contributed by atoms with Gasteiger partial charge in [-0.3, -0.25) is 0 Å². The van der Waals surface area contributed by atoms with Gasteiger partial charge in [-0.25, -0.2) is 4.39 Å². The van der Waals surface area contributed by atoms with Crippen LogP contribution >= 0.6 is 11.6 Å². The largest absolute Gasteiger partial charge is 0.336 e. The topological polar surface area (TPSA) is 61.6 Å². The molecule has 0 spiro atoms. The molecule has 84 valence electrons. The number of nitriles is 1. The molecule has 0 saturated carbocycles. The van der Waals surface area contributed by atoms with E-state index in [9.17, 15) is 4.39 Å². The maximum Gasteiger partial charge on any atom is 0.171 e. The van der Waals surface area contributed by atoms with E-state index in [0.717, 1.165) is 0 Å². The Balaban J connectivity index is 2.35. The zero-order valence-corrected chi connectivity index (χ0v) is 9.24. The fourth-order valence-corrected chi connectivity index (χ4v) is 1.45. The van der Waals surface area contributed by atoms with E-state index in [4.69, 9.17) is 16.9 Å². The summed E-state index contributed by atoms with van der Waals surface area (Å²) < 4.78 is 12.8. The smallest absolute Gasteiger partial charge is 0.171 e. The Bertz CT molecular complexity index is 594. The van der Waals surface area contributed by atoms with Crippen molar-refractivity contribution in [3.05, 3.63) is 46.9 Å². The molecule has 0 unspecified atom stereocenters. The second-order valence-corrected chi connectivity index (χ2v) is 3.56. The molecule has 6 heteroatoms. The van der Waals surface area contributed by atoms with Crippen molar-refractivity contribution in [2.24, 2.45) is 0 Å². The molecule has 1 aromatic heterocycles. The lowest BCUT2D eigenvalue weighted by Crippen LogP contribution is -1.99. The van der Waals surface area contributed by atoms with Crippen LogP contribution in [0, 0.1) is 17.1 Å². The average Bonchev–Trinajstić information content (AvgIpc) is 2.33. The Labute approximate surface area is 102 Å². The van der Waals surface area contributed by atoms with Crippen molar-refractivity contribution in [1.29, 1.82) is 5.26 Å². The van der Waals surface area contributed by atoms with Crippen LogP contribution in [0.4, 0.5) is 15.9 Å². The first-order chi connectivity index (χ1) is 8.20. The van der Waals surface area contributed by atoms with Crippen molar-refractivity contribution in [3.63, 3.8) is 0 Å². The van der Waals surface area contributed by atoms with Gasteiger partial charge in [-0.15, -0.1) is 5.10 Å². The lowest BCUT2D eigenvalue weighted by atomic mass is 10.2. The SMILES string of the molecule is N#Cc1ccnnc1Nc1ccc(F)cc1Cl. The minimum Gasteiger partial charge on any atom is -0.336 e. The summed E-state index contributed by atoms with van der Waals surface area (Å²) in [5.41, 5.74) is 0.797. The molecule has 0 aliphatic rings. The van der Waals surface area contributed by atoms with Gasteiger partial charge in [-0.05, 0) is 24.3 Å². The minimum absolute atomic E-state index is 0.208. The fraction of sp³-hybridized carbons (Fsp3) is 0. The molecule has 0 aliphatic carbocycles. The van der Waals surface area contributed by atoms with Gasteiger partial charge in [0, 0.05) is 0 Å². The number of anilines is 2. The number of rotatable bonds is 2. The number of benzene rings is 1. The molecular formula is C11H6ClFN4. The standard InChI is InChI=1S/C11H6ClFN4/c12-9-5-8(13)1-2-10(9)16-11-7(6-14)3-4-15-17-11/h1-5H,(H,16,17). The van der Waals surface area contributed by atoms with Gasteiger partial charge in [0.15, 0.2) is 5.82 Å². The molecule has 1 N–H and O–H groups in total. The molecule has 1 aromatic carbocycles. The first-order valence-electron chi connectivity index (χ1n) is 4.64. The maximum atomic E-state index is 12.8. The molecule has 0 amide bonds. The van der Waals surface area contributed by atoms with Gasteiger partial charge in [-0.2, -0.15) is 10.4 Å². The summed E-state index contributed by atoms with van der Waals surface area (Å²) in [5, 5.41) is 19.3. The van der Waals surface area contributed by atoms with Crippen molar-refractivity contribution < 1.29 is 4.39 Å². The number of nitrogens with one attached hydrogen (secondary N) is 1. The summed E-state index contributed by atoms with van der Waals surface area (Å²) in [4.78, 5) is 0. The molecule has 0 fully saturated rings.